The molecule has 1 amide bonds. The highest BCUT2D eigenvalue weighted by Crippen LogP contribution is 2.35. The van der Waals surface area contributed by atoms with E-state index in [0.717, 1.165) is 10.0 Å². The molecule has 0 aliphatic rings. The molecular formula is C13H24N4O3S. The topological polar surface area (TPSA) is 89.7 Å². The summed E-state index contributed by atoms with van der Waals surface area (Å²) in [4.78, 5) is 18.9. The predicted octanol–water partition coefficient (Wildman–Crippen LogP) is 1.74. The molecular weight excluding hydrogens is 292 g/mol. The first-order valence-electron chi connectivity index (χ1n) is 6.59. The fourth-order valence-electron chi connectivity index (χ4n) is 1.55. The Labute approximate surface area is 129 Å². The number of nitrogens with one attached hydrogen (secondary N) is 1. The van der Waals surface area contributed by atoms with Gasteiger partial charge in [0.05, 0.1) is 18.0 Å². The van der Waals surface area contributed by atoms with Gasteiger partial charge in [0.1, 0.15) is 5.60 Å². The highest BCUT2D eigenvalue weighted by Gasteiger charge is 2.25. The van der Waals surface area contributed by atoms with E-state index in [1.165, 1.54) is 11.3 Å². The third-order valence-corrected chi connectivity index (χ3v) is 3.75. The van der Waals surface area contributed by atoms with Gasteiger partial charge in [0.15, 0.2) is 5.13 Å². The molecule has 1 aromatic heterocycles. The summed E-state index contributed by atoms with van der Waals surface area (Å²) in [6, 6.07) is -0.402. The van der Waals surface area contributed by atoms with Crippen LogP contribution >= 0.6 is 11.3 Å². The van der Waals surface area contributed by atoms with Crippen molar-refractivity contribution < 1.29 is 14.3 Å². The van der Waals surface area contributed by atoms with Crippen molar-refractivity contribution in [2.45, 2.75) is 32.4 Å². The van der Waals surface area contributed by atoms with Crippen LogP contribution in [0.2, 0.25) is 0 Å². The fourth-order valence-corrected chi connectivity index (χ4v) is 2.57. The summed E-state index contributed by atoms with van der Waals surface area (Å²) in [5.41, 5.74) is 5.21. The summed E-state index contributed by atoms with van der Waals surface area (Å²) in [5, 5.41) is 3.54. The molecule has 1 atom stereocenters. The minimum Gasteiger partial charge on any atom is -0.480 e. The average Bonchev–Trinajstić information content (AvgIpc) is 2.77. The van der Waals surface area contributed by atoms with Crippen LogP contribution in [-0.2, 0) is 4.74 Å². The first kappa shape index (κ1) is 17.5. The molecule has 1 heterocycles. The Hall–Kier alpha value is -1.54. The summed E-state index contributed by atoms with van der Waals surface area (Å²) in [5.74, 6) is 0.468. The van der Waals surface area contributed by atoms with Crippen LogP contribution in [0.25, 0.3) is 0 Å². The zero-order chi connectivity index (χ0) is 16.2. The molecule has 3 N–H and O–H groups in total. The zero-order valence-corrected chi connectivity index (χ0v) is 14.2. The number of carbonyl (C=O) groups excluding carboxylic acids is 1. The number of rotatable bonds is 5. The number of aromatic nitrogens is 1. The fraction of sp³-hybridized carbons (Fsp3) is 0.692. The molecule has 0 bridgehead atoms. The molecule has 0 fully saturated rings. The maximum Gasteiger partial charge on any atom is 0.408 e. The standard InChI is InChI=1S/C13H24N4O3S/c1-13(2,3)20-12(18)15-8(7-14)9-10(19-6)16-11(21-9)17(4)5/h8H,7,14H2,1-6H3,(H,15,18). The van der Waals surface area contributed by atoms with Crippen LogP contribution < -0.4 is 20.7 Å². The lowest BCUT2D eigenvalue weighted by Gasteiger charge is -2.22. The van der Waals surface area contributed by atoms with E-state index in [1.807, 2.05) is 39.8 Å². The smallest absolute Gasteiger partial charge is 0.408 e. The number of methoxy groups -OCH3 is 1. The van der Waals surface area contributed by atoms with E-state index < -0.39 is 17.7 Å². The van der Waals surface area contributed by atoms with Gasteiger partial charge in [-0.3, -0.25) is 0 Å². The second kappa shape index (κ2) is 6.95. The SMILES string of the molecule is COc1nc(N(C)C)sc1C(CN)NC(=O)OC(C)(C)C. The van der Waals surface area contributed by atoms with Gasteiger partial charge in [-0.25, -0.2) is 4.79 Å². The zero-order valence-electron chi connectivity index (χ0n) is 13.4. The highest BCUT2D eigenvalue weighted by atomic mass is 32.1. The Morgan fingerprint density at radius 1 is 1.48 bits per heavy atom. The quantitative estimate of drug-likeness (QED) is 0.860. The van der Waals surface area contributed by atoms with Gasteiger partial charge in [0.25, 0.3) is 0 Å². The number of hydrogen-bond acceptors (Lipinski definition) is 7. The normalized spacial score (nSPS) is 12.7. The van der Waals surface area contributed by atoms with E-state index in [1.54, 1.807) is 7.11 Å². The number of nitrogens with zero attached hydrogens (tertiary/aromatic N) is 2. The minimum absolute atomic E-state index is 0.227. The Morgan fingerprint density at radius 3 is 2.52 bits per heavy atom. The molecule has 1 unspecified atom stereocenters. The van der Waals surface area contributed by atoms with Crippen molar-refractivity contribution in [1.29, 1.82) is 0 Å². The van der Waals surface area contributed by atoms with Gasteiger partial charge in [-0.15, -0.1) is 0 Å². The van der Waals surface area contributed by atoms with Crippen molar-refractivity contribution in [2.75, 3.05) is 32.6 Å². The third-order valence-electron chi connectivity index (χ3n) is 2.43. The Bertz CT molecular complexity index is 482. The van der Waals surface area contributed by atoms with E-state index in [9.17, 15) is 4.79 Å². The summed E-state index contributed by atoms with van der Waals surface area (Å²) in [6.45, 7) is 5.65. The van der Waals surface area contributed by atoms with Gasteiger partial charge < -0.3 is 25.4 Å². The number of thiazole rings is 1. The van der Waals surface area contributed by atoms with Crippen LogP contribution in [0.15, 0.2) is 0 Å². The molecule has 0 aromatic carbocycles. The predicted molar refractivity (Wildman–Crippen MR) is 84.2 cm³/mol. The van der Waals surface area contributed by atoms with E-state index in [2.05, 4.69) is 10.3 Å². The lowest BCUT2D eigenvalue weighted by atomic mass is 10.2. The number of carbonyl (C=O) groups is 1. The van der Waals surface area contributed by atoms with Crippen LogP contribution in [0.3, 0.4) is 0 Å². The first-order valence-corrected chi connectivity index (χ1v) is 7.41. The number of nitrogens with two attached hydrogens (primary N) is 1. The van der Waals surface area contributed by atoms with Gasteiger partial charge in [-0.1, -0.05) is 11.3 Å². The van der Waals surface area contributed by atoms with Crippen molar-refractivity contribution in [3.8, 4) is 5.88 Å². The van der Waals surface area contributed by atoms with Gasteiger partial charge >= 0.3 is 6.09 Å². The molecule has 0 aliphatic carbocycles. The molecule has 120 valence electrons. The number of anilines is 1. The van der Waals surface area contributed by atoms with E-state index in [4.69, 9.17) is 15.2 Å². The van der Waals surface area contributed by atoms with Crippen molar-refractivity contribution >= 4 is 22.6 Å². The number of hydrogen-bond donors (Lipinski definition) is 2. The molecule has 1 aromatic rings. The second-order valence-corrected chi connectivity index (χ2v) is 6.71. The van der Waals surface area contributed by atoms with Crippen LogP contribution in [0, 0.1) is 0 Å². The average molecular weight is 316 g/mol. The van der Waals surface area contributed by atoms with Crippen LogP contribution in [0.1, 0.15) is 31.7 Å². The minimum atomic E-state index is -0.560. The van der Waals surface area contributed by atoms with E-state index >= 15 is 0 Å². The third kappa shape index (κ3) is 5.05. The first-order chi connectivity index (χ1) is 9.67. The van der Waals surface area contributed by atoms with E-state index in [0.29, 0.717) is 5.88 Å². The highest BCUT2D eigenvalue weighted by molar-refractivity contribution is 7.16. The van der Waals surface area contributed by atoms with Crippen LogP contribution in [-0.4, -0.2) is 44.4 Å². The molecule has 0 radical (unpaired) electrons. The molecule has 8 heteroatoms. The Kier molecular flexibility index (Phi) is 5.79. The summed E-state index contributed by atoms with van der Waals surface area (Å²) in [7, 11) is 5.32. The van der Waals surface area contributed by atoms with Gasteiger partial charge in [0, 0.05) is 20.6 Å². The van der Waals surface area contributed by atoms with Gasteiger partial charge in [-0.05, 0) is 20.8 Å². The lowest BCUT2D eigenvalue weighted by molar-refractivity contribution is 0.0505. The van der Waals surface area contributed by atoms with Crippen molar-refractivity contribution in [2.24, 2.45) is 5.73 Å². The van der Waals surface area contributed by atoms with Crippen LogP contribution in [0.5, 0.6) is 5.88 Å². The molecule has 0 aliphatic heterocycles. The maximum absolute atomic E-state index is 11.9. The summed E-state index contributed by atoms with van der Waals surface area (Å²) >= 11 is 1.42. The van der Waals surface area contributed by atoms with Gasteiger partial charge in [-0.2, -0.15) is 4.98 Å². The van der Waals surface area contributed by atoms with Crippen molar-refractivity contribution in [3.05, 3.63) is 4.88 Å². The molecule has 0 spiro atoms. The number of amides is 1. The van der Waals surface area contributed by atoms with Crippen molar-refractivity contribution in [3.63, 3.8) is 0 Å². The monoisotopic (exact) mass is 316 g/mol. The van der Waals surface area contributed by atoms with Crippen LogP contribution in [0.4, 0.5) is 9.93 Å². The lowest BCUT2D eigenvalue weighted by Crippen LogP contribution is -2.37. The molecule has 0 saturated heterocycles. The van der Waals surface area contributed by atoms with E-state index in [-0.39, 0.29) is 6.54 Å². The molecule has 0 saturated carbocycles. The van der Waals surface area contributed by atoms with Crippen molar-refractivity contribution in [1.82, 2.24) is 10.3 Å². The maximum atomic E-state index is 11.9. The Balaban J connectivity index is 2.92. The largest absolute Gasteiger partial charge is 0.480 e. The molecule has 1 rings (SSSR count). The van der Waals surface area contributed by atoms with Gasteiger partial charge in [0.2, 0.25) is 5.88 Å². The second-order valence-electron chi connectivity index (χ2n) is 5.70. The Morgan fingerprint density at radius 2 is 2.10 bits per heavy atom. The number of ether oxygens (including phenoxy) is 2. The molecule has 7 nitrogen and oxygen atoms in total. The summed E-state index contributed by atoms with van der Waals surface area (Å²) < 4.78 is 10.5. The summed E-state index contributed by atoms with van der Waals surface area (Å²) in [6.07, 6.45) is -0.514. The molecule has 21 heavy (non-hydrogen) atoms. The number of alkyl carbamates (subject to hydrolysis) is 1.